The zero-order chi connectivity index (χ0) is 16.3. The third-order valence-electron chi connectivity index (χ3n) is 3.84. The number of anilines is 1. The van der Waals surface area contributed by atoms with Crippen LogP contribution in [0.25, 0.3) is 0 Å². The molecule has 0 aliphatic carbocycles. The van der Waals surface area contributed by atoms with Gasteiger partial charge in [0.1, 0.15) is 5.69 Å². The highest BCUT2D eigenvalue weighted by Crippen LogP contribution is 2.31. The van der Waals surface area contributed by atoms with Gasteiger partial charge in [0.2, 0.25) is 0 Å². The number of hydrogen-bond acceptors (Lipinski definition) is 5. The first-order valence-corrected chi connectivity index (χ1v) is 7.40. The molecule has 128 valence electrons. The van der Waals surface area contributed by atoms with Gasteiger partial charge in [0.25, 0.3) is 11.6 Å². The molecule has 1 aromatic carbocycles. The molecule has 0 aromatic heterocycles. The Morgan fingerprint density at radius 1 is 1.39 bits per heavy atom. The smallest absolute Gasteiger partial charge is 0.293 e. The minimum absolute atomic E-state index is 0. The van der Waals surface area contributed by atoms with Crippen molar-refractivity contribution in [1.29, 1.82) is 0 Å². The molecule has 0 radical (unpaired) electrons. The second kappa shape index (κ2) is 7.61. The summed E-state index contributed by atoms with van der Waals surface area (Å²) in [5, 5.41) is 14.1. The van der Waals surface area contributed by atoms with Gasteiger partial charge in [-0.05, 0) is 38.8 Å². The molecule has 0 atom stereocenters. The number of carbonyl (C=O) groups is 1. The fraction of sp³-hybridized carbons (Fsp3) is 0.533. The zero-order valence-electron chi connectivity index (χ0n) is 13.4. The Balaban J connectivity index is 0.00000264. The van der Waals surface area contributed by atoms with Gasteiger partial charge < -0.3 is 16.0 Å². The van der Waals surface area contributed by atoms with Crippen LogP contribution in [0.1, 0.15) is 37.0 Å². The normalized spacial score (nSPS) is 14.3. The topological polar surface area (TPSA) is 102 Å². The Labute approximate surface area is 141 Å². The number of hydrogen-bond donors (Lipinski definition) is 2. The Morgan fingerprint density at radius 3 is 2.52 bits per heavy atom. The molecule has 0 saturated carbocycles. The summed E-state index contributed by atoms with van der Waals surface area (Å²) >= 11 is 0. The predicted octanol–water partition coefficient (Wildman–Crippen LogP) is 2.08. The molecule has 1 heterocycles. The number of rotatable bonds is 5. The first-order chi connectivity index (χ1) is 10.3. The summed E-state index contributed by atoms with van der Waals surface area (Å²) in [5.41, 5.74) is 5.86. The average molecular weight is 343 g/mol. The molecule has 23 heavy (non-hydrogen) atoms. The number of benzene rings is 1. The van der Waals surface area contributed by atoms with Crippen molar-refractivity contribution in [2.45, 2.75) is 32.2 Å². The first kappa shape index (κ1) is 19.2. The van der Waals surface area contributed by atoms with Gasteiger partial charge >= 0.3 is 0 Å². The standard InChI is InChI=1S/C15H22N4O3.ClH/c1-15(2,10-16)17-14(20)11-5-6-12(13(9-11)19(21)22)18-7-3-4-8-18;/h5-6,9H,3-4,7-8,10,16H2,1-2H3,(H,17,20);1H. The highest BCUT2D eigenvalue weighted by Gasteiger charge is 2.25. The number of nitro groups is 1. The molecular formula is C15H23ClN4O3. The van der Waals surface area contributed by atoms with Crippen LogP contribution < -0.4 is 16.0 Å². The molecule has 1 aliphatic rings. The van der Waals surface area contributed by atoms with Gasteiger partial charge in [0.15, 0.2) is 0 Å². The maximum Gasteiger partial charge on any atom is 0.293 e. The van der Waals surface area contributed by atoms with Crippen molar-refractivity contribution >= 4 is 29.7 Å². The summed E-state index contributed by atoms with van der Waals surface area (Å²) in [7, 11) is 0. The third-order valence-corrected chi connectivity index (χ3v) is 3.84. The lowest BCUT2D eigenvalue weighted by Gasteiger charge is -2.24. The Bertz CT molecular complexity index is 586. The lowest BCUT2D eigenvalue weighted by atomic mass is 10.0. The van der Waals surface area contributed by atoms with Gasteiger partial charge in [-0.25, -0.2) is 0 Å². The summed E-state index contributed by atoms with van der Waals surface area (Å²) in [6, 6.07) is 4.63. The molecule has 0 bridgehead atoms. The first-order valence-electron chi connectivity index (χ1n) is 7.40. The number of nitrogens with two attached hydrogens (primary N) is 1. The molecular weight excluding hydrogens is 320 g/mol. The Morgan fingerprint density at radius 2 is 2.00 bits per heavy atom. The molecule has 0 unspecified atom stereocenters. The minimum Gasteiger partial charge on any atom is -0.366 e. The van der Waals surface area contributed by atoms with Crippen molar-refractivity contribution < 1.29 is 9.72 Å². The van der Waals surface area contributed by atoms with E-state index in [-0.39, 0.29) is 36.1 Å². The van der Waals surface area contributed by atoms with Gasteiger partial charge in [0.05, 0.1) is 4.92 Å². The lowest BCUT2D eigenvalue weighted by Crippen LogP contribution is -2.48. The number of nitro benzene ring substituents is 1. The number of carbonyl (C=O) groups excluding carboxylic acids is 1. The van der Waals surface area contributed by atoms with Crippen LogP contribution in [0.2, 0.25) is 0 Å². The molecule has 0 spiro atoms. The van der Waals surface area contributed by atoms with Crippen LogP contribution in [-0.2, 0) is 0 Å². The fourth-order valence-electron chi connectivity index (χ4n) is 2.47. The van der Waals surface area contributed by atoms with Gasteiger partial charge in [-0.15, -0.1) is 12.4 Å². The number of nitrogens with zero attached hydrogens (tertiary/aromatic N) is 2. The van der Waals surface area contributed by atoms with Crippen LogP contribution >= 0.6 is 12.4 Å². The summed E-state index contributed by atoms with van der Waals surface area (Å²) in [6.45, 7) is 5.52. The van der Waals surface area contributed by atoms with Crippen molar-refractivity contribution in [2.24, 2.45) is 5.73 Å². The number of nitrogens with one attached hydrogen (secondary N) is 1. The van der Waals surface area contributed by atoms with Crippen LogP contribution in [0.4, 0.5) is 11.4 Å². The highest BCUT2D eigenvalue weighted by atomic mass is 35.5. The van der Waals surface area contributed by atoms with E-state index < -0.39 is 10.5 Å². The lowest BCUT2D eigenvalue weighted by molar-refractivity contribution is -0.384. The van der Waals surface area contributed by atoms with Gasteiger partial charge in [-0.1, -0.05) is 0 Å². The number of amides is 1. The Hall–Kier alpha value is -1.86. The maximum absolute atomic E-state index is 12.2. The van der Waals surface area contributed by atoms with Crippen LogP contribution in [0.3, 0.4) is 0 Å². The average Bonchev–Trinajstić information content (AvgIpc) is 3.00. The van der Waals surface area contributed by atoms with E-state index in [1.165, 1.54) is 6.07 Å². The molecule has 3 N–H and O–H groups in total. The van der Waals surface area contributed by atoms with E-state index in [2.05, 4.69) is 5.32 Å². The van der Waals surface area contributed by atoms with Crippen LogP contribution in [0.5, 0.6) is 0 Å². The molecule has 1 fully saturated rings. The second-order valence-electron chi connectivity index (χ2n) is 6.20. The summed E-state index contributed by atoms with van der Waals surface area (Å²) in [6.07, 6.45) is 2.06. The molecule has 1 aromatic rings. The van der Waals surface area contributed by atoms with Crippen molar-refractivity contribution in [2.75, 3.05) is 24.5 Å². The molecule has 7 nitrogen and oxygen atoms in total. The fourth-order valence-corrected chi connectivity index (χ4v) is 2.47. The second-order valence-corrected chi connectivity index (χ2v) is 6.20. The molecule has 1 amide bonds. The maximum atomic E-state index is 12.2. The summed E-state index contributed by atoms with van der Waals surface area (Å²) in [5.74, 6) is -0.355. The van der Waals surface area contributed by atoms with Crippen molar-refractivity contribution in [3.63, 3.8) is 0 Å². The SMILES string of the molecule is CC(C)(CN)NC(=O)c1ccc(N2CCCC2)c([N+](=O)[O-])c1.Cl. The summed E-state index contributed by atoms with van der Waals surface area (Å²) in [4.78, 5) is 25.1. The van der Waals surface area contributed by atoms with E-state index in [0.29, 0.717) is 5.69 Å². The zero-order valence-corrected chi connectivity index (χ0v) is 14.2. The molecule has 8 heteroatoms. The van der Waals surface area contributed by atoms with Crippen LogP contribution in [0, 0.1) is 10.1 Å². The van der Waals surface area contributed by atoms with Crippen molar-refractivity contribution in [3.8, 4) is 0 Å². The quantitative estimate of drug-likeness (QED) is 0.630. The molecule has 2 rings (SSSR count). The van der Waals surface area contributed by atoms with E-state index in [1.807, 2.05) is 4.90 Å². The largest absolute Gasteiger partial charge is 0.366 e. The van der Waals surface area contributed by atoms with Gasteiger partial charge in [-0.3, -0.25) is 14.9 Å². The Kier molecular flexibility index (Phi) is 6.35. The van der Waals surface area contributed by atoms with Crippen LogP contribution in [0.15, 0.2) is 18.2 Å². The van der Waals surface area contributed by atoms with E-state index in [0.717, 1.165) is 25.9 Å². The van der Waals surface area contributed by atoms with Gasteiger partial charge in [0, 0.05) is 36.8 Å². The van der Waals surface area contributed by atoms with Crippen LogP contribution in [-0.4, -0.2) is 36.0 Å². The monoisotopic (exact) mass is 342 g/mol. The third kappa shape index (κ3) is 4.56. The van der Waals surface area contributed by atoms with Crippen molar-refractivity contribution in [3.05, 3.63) is 33.9 Å². The van der Waals surface area contributed by atoms with E-state index in [1.54, 1.807) is 26.0 Å². The van der Waals surface area contributed by atoms with E-state index >= 15 is 0 Å². The summed E-state index contributed by atoms with van der Waals surface area (Å²) < 4.78 is 0. The van der Waals surface area contributed by atoms with Crippen molar-refractivity contribution in [1.82, 2.24) is 5.32 Å². The van der Waals surface area contributed by atoms with Gasteiger partial charge in [-0.2, -0.15) is 0 Å². The molecule has 1 saturated heterocycles. The molecule has 1 aliphatic heterocycles. The van der Waals surface area contributed by atoms with E-state index in [4.69, 9.17) is 5.73 Å². The highest BCUT2D eigenvalue weighted by molar-refractivity contribution is 5.96. The minimum atomic E-state index is -0.556. The predicted molar refractivity (Wildman–Crippen MR) is 92.4 cm³/mol. The number of halogens is 1. The van der Waals surface area contributed by atoms with E-state index in [9.17, 15) is 14.9 Å².